The summed E-state index contributed by atoms with van der Waals surface area (Å²) in [7, 11) is 0. The molecule has 0 heterocycles. The molecule has 8 aromatic carbocycles. The van der Waals surface area contributed by atoms with E-state index in [1.165, 1.54) is 82.0 Å². The zero-order valence-corrected chi connectivity index (χ0v) is 24.1. The zero-order valence-electron chi connectivity index (χ0n) is 24.1. The molecule has 0 saturated carbocycles. The first kappa shape index (κ1) is 25.3. The van der Waals surface area contributed by atoms with Crippen molar-refractivity contribution < 1.29 is 0 Å². The Morgan fingerprint density at radius 1 is 0.349 bits per heavy atom. The highest BCUT2D eigenvalue weighted by atomic mass is 14.2. The summed E-state index contributed by atoms with van der Waals surface area (Å²) in [5.41, 5.74) is 8.79. The van der Waals surface area contributed by atoms with Crippen molar-refractivity contribution >= 4 is 55.2 Å². The van der Waals surface area contributed by atoms with E-state index in [1.54, 1.807) is 0 Å². The van der Waals surface area contributed by atoms with E-state index in [0.29, 0.717) is 0 Å². The topological polar surface area (TPSA) is 0 Å². The average Bonchev–Trinajstić information content (AvgIpc) is 3.06. The minimum atomic E-state index is 1.20. The van der Waals surface area contributed by atoms with E-state index in [4.69, 9.17) is 0 Å². The summed E-state index contributed by atoms with van der Waals surface area (Å²) in [6.07, 6.45) is 4.36. The number of hydrogen-bond acceptors (Lipinski definition) is 0. The summed E-state index contributed by atoms with van der Waals surface area (Å²) in [4.78, 5) is 0. The summed E-state index contributed by atoms with van der Waals surface area (Å²) in [5, 5.41) is 10.2. The van der Waals surface area contributed by atoms with Crippen LogP contribution >= 0.6 is 0 Å². The molecule has 0 aliphatic heterocycles. The lowest BCUT2D eigenvalue weighted by Crippen LogP contribution is -1.91. The van der Waals surface area contributed by atoms with Gasteiger partial charge in [0, 0.05) is 0 Å². The first-order valence-electron chi connectivity index (χ1n) is 14.9. The lowest BCUT2D eigenvalue weighted by Gasteiger charge is -2.18. The van der Waals surface area contributed by atoms with Gasteiger partial charge in [0.1, 0.15) is 0 Å². The van der Waals surface area contributed by atoms with Crippen LogP contribution < -0.4 is 0 Å². The van der Waals surface area contributed by atoms with Gasteiger partial charge in [0.05, 0.1) is 0 Å². The highest BCUT2D eigenvalue weighted by molar-refractivity contribution is 6.22. The van der Waals surface area contributed by atoms with Crippen LogP contribution in [0, 0.1) is 6.92 Å². The van der Waals surface area contributed by atoms with Gasteiger partial charge in [-0.3, -0.25) is 0 Å². The van der Waals surface area contributed by atoms with Gasteiger partial charge in [-0.1, -0.05) is 151 Å². The van der Waals surface area contributed by atoms with Gasteiger partial charge in [0.25, 0.3) is 0 Å². The lowest BCUT2D eigenvalue weighted by atomic mass is 9.85. The van der Waals surface area contributed by atoms with Crippen LogP contribution in [-0.4, -0.2) is 0 Å². The fourth-order valence-corrected chi connectivity index (χ4v) is 6.55. The minimum Gasteiger partial charge on any atom is -0.0622 e. The average molecular weight is 547 g/mol. The molecule has 202 valence electrons. The molecule has 0 N–H and O–H groups in total. The third-order valence-corrected chi connectivity index (χ3v) is 8.64. The van der Waals surface area contributed by atoms with Crippen LogP contribution in [0.15, 0.2) is 152 Å². The maximum absolute atomic E-state index is 2.35. The van der Waals surface area contributed by atoms with Gasteiger partial charge >= 0.3 is 0 Å². The quantitative estimate of drug-likeness (QED) is 0.152. The molecule has 0 radical (unpaired) electrons. The molecule has 43 heavy (non-hydrogen) atoms. The molecule has 0 amide bonds. The van der Waals surface area contributed by atoms with Crippen LogP contribution in [-0.2, 0) is 0 Å². The monoisotopic (exact) mass is 546 g/mol. The Labute approximate surface area is 252 Å². The number of hydrogen-bond donors (Lipinski definition) is 0. The molecule has 0 nitrogen and oxygen atoms in total. The molecule has 0 saturated heterocycles. The van der Waals surface area contributed by atoms with Crippen LogP contribution in [0.4, 0.5) is 0 Å². The van der Waals surface area contributed by atoms with Crippen molar-refractivity contribution in [1.29, 1.82) is 0 Å². The van der Waals surface area contributed by atoms with Crippen molar-refractivity contribution in [3.05, 3.63) is 168 Å². The van der Waals surface area contributed by atoms with Gasteiger partial charge in [0.2, 0.25) is 0 Å². The maximum atomic E-state index is 2.35. The van der Waals surface area contributed by atoms with Crippen LogP contribution in [0.1, 0.15) is 16.7 Å². The SMILES string of the molecule is Cc1ccc2cc(-c3c4ccccc4c(-c4ccc5cc(/C=C/c6ccccc6)ccc5c4)c4ccccc34)ccc2c1. The fourth-order valence-electron chi connectivity index (χ4n) is 6.55. The first-order chi connectivity index (χ1) is 21.2. The third kappa shape index (κ3) is 4.58. The van der Waals surface area contributed by atoms with E-state index in [2.05, 4.69) is 171 Å². The second kappa shape index (κ2) is 10.4. The summed E-state index contributed by atoms with van der Waals surface area (Å²) < 4.78 is 0. The maximum Gasteiger partial charge on any atom is -0.00262 e. The highest BCUT2D eigenvalue weighted by Crippen LogP contribution is 2.44. The smallest absolute Gasteiger partial charge is 0.00262 e. The van der Waals surface area contributed by atoms with Crippen molar-refractivity contribution in [2.45, 2.75) is 6.92 Å². The molecule has 8 aromatic rings. The van der Waals surface area contributed by atoms with Crippen LogP contribution in [0.25, 0.3) is 77.5 Å². The molecule has 0 unspecified atom stereocenters. The van der Waals surface area contributed by atoms with Crippen LogP contribution in [0.3, 0.4) is 0 Å². The normalized spacial score (nSPS) is 11.7. The Hall–Kier alpha value is -5.46. The van der Waals surface area contributed by atoms with Crippen molar-refractivity contribution in [3.63, 3.8) is 0 Å². The summed E-state index contributed by atoms with van der Waals surface area (Å²) in [6, 6.07) is 55.5. The summed E-state index contributed by atoms with van der Waals surface area (Å²) in [5.74, 6) is 0. The predicted octanol–water partition coefficient (Wildman–Crippen LogP) is 12.1. The summed E-state index contributed by atoms with van der Waals surface area (Å²) in [6.45, 7) is 2.15. The van der Waals surface area contributed by atoms with Crippen LogP contribution in [0.5, 0.6) is 0 Å². The molecule has 0 heteroatoms. The Morgan fingerprint density at radius 2 is 0.791 bits per heavy atom. The molecule has 0 bridgehead atoms. The molecule has 0 aromatic heterocycles. The van der Waals surface area contributed by atoms with Crippen molar-refractivity contribution in [1.82, 2.24) is 0 Å². The summed E-state index contributed by atoms with van der Waals surface area (Å²) >= 11 is 0. The largest absolute Gasteiger partial charge is 0.0622 e. The second-order valence-electron chi connectivity index (χ2n) is 11.5. The Balaban J connectivity index is 1.30. The van der Waals surface area contributed by atoms with Crippen molar-refractivity contribution in [2.75, 3.05) is 0 Å². The van der Waals surface area contributed by atoms with Gasteiger partial charge in [0.15, 0.2) is 0 Å². The Bertz CT molecular complexity index is 2280. The van der Waals surface area contributed by atoms with E-state index in [0.717, 1.165) is 0 Å². The molecule has 0 aliphatic carbocycles. The highest BCUT2D eigenvalue weighted by Gasteiger charge is 2.17. The molecule has 0 atom stereocenters. The van der Waals surface area contributed by atoms with E-state index in [-0.39, 0.29) is 0 Å². The number of benzene rings is 8. The van der Waals surface area contributed by atoms with Gasteiger partial charge in [-0.15, -0.1) is 0 Å². The predicted molar refractivity (Wildman–Crippen MR) is 187 cm³/mol. The van der Waals surface area contributed by atoms with Gasteiger partial charge in [-0.25, -0.2) is 0 Å². The fraction of sp³-hybridized carbons (Fsp3) is 0.0233. The van der Waals surface area contributed by atoms with E-state index >= 15 is 0 Å². The molecular weight excluding hydrogens is 516 g/mol. The number of fused-ring (bicyclic) bond motifs is 4. The van der Waals surface area contributed by atoms with E-state index in [1.807, 2.05) is 0 Å². The molecule has 0 fully saturated rings. The van der Waals surface area contributed by atoms with Gasteiger partial charge in [-0.05, 0) is 102 Å². The van der Waals surface area contributed by atoms with E-state index in [9.17, 15) is 0 Å². The van der Waals surface area contributed by atoms with Crippen molar-refractivity contribution in [3.8, 4) is 22.3 Å². The molecular formula is C43H30. The molecule has 8 rings (SSSR count). The zero-order chi connectivity index (χ0) is 28.8. The lowest BCUT2D eigenvalue weighted by molar-refractivity contribution is 1.51. The van der Waals surface area contributed by atoms with Crippen molar-refractivity contribution in [2.24, 2.45) is 0 Å². The standard InChI is InChI=1S/C43H30/c1-29-15-19-34-27-36(23-21-32(34)25-29)42-38-11-5-7-13-40(38)43(41-14-8-6-12-39(41)42)37-24-22-33-26-31(18-20-35(33)28-37)17-16-30-9-3-2-4-10-30/h2-28H,1H3/b17-16+. The number of rotatable bonds is 4. The Morgan fingerprint density at radius 3 is 1.37 bits per heavy atom. The number of aryl methyl sites for hydroxylation is 1. The first-order valence-corrected chi connectivity index (χ1v) is 14.9. The second-order valence-corrected chi connectivity index (χ2v) is 11.5. The molecule has 0 aliphatic rings. The van der Waals surface area contributed by atoms with Gasteiger partial charge < -0.3 is 0 Å². The third-order valence-electron chi connectivity index (χ3n) is 8.64. The minimum absolute atomic E-state index is 1.20. The molecule has 0 spiro atoms. The van der Waals surface area contributed by atoms with Gasteiger partial charge in [-0.2, -0.15) is 0 Å². The van der Waals surface area contributed by atoms with Crippen LogP contribution in [0.2, 0.25) is 0 Å². The Kier molecular flexibility index (Phi) is 6.12. The van der Waals surface area contributed by atoms with E-state index < -0.39 is 0 Å².